The molecule has 0 amide bonds. The molecule has 0 spiro atoms. The van der Waals surface area contributed by atoms with Crippen molar-refractivity contribution < 1.29 is 4.79 Å². The van der Waals surface area contributed by atoms with Gasteiger partial charge >= 0.3 is 0 Å². The van der Waals surface area contributed by atoms with E-state index in [1.54, 1.807) is 12.1 Å². The summed E-state index contributed by atoms with van der Waals surface area (Å²) in [7, 11) is 2.04. The number of hydrogen-bond acceptors (Lipinski definition) is 2. The molecule has 0 N–H and O–H groups in total. The van der Waals surface area contributed by atoms with Crippen LogP contribution < -0.4 is 0 Å². The maximum atomic E-state index is 12.6. The zero-order chi connectivity index (χ0) is 16.5. The number of carbonyl (C=O) groups is 1. The van der Waals surface area contributed by atoms with Crippen molar-refractivity contribution in [1.82, 2.24) is 4.90 Å². The molecule has 0 radical (unpaired) electrons. The summed E-state index contributed by atoms with van der Waals surface area (Å²) in [6.45, 7) is 6.94. The number of hydrogen-bond donors (Lipinski definition) is 0. The van der Waals surface area contributed by atoms with E-state index in [-0.39, 0.29) is 5.78 Å². The molecule has 1 aliphatic carbocycles. The van der Waals surface area contributed by atoms with Crippen LogP contribution in [0.4, 0.5) is 0 Å². The van der Waals surface area contributed by atoms with Crippen LogP contribution in [0.25, 0.3) is 0 Å². The van der Waals surface area contributed by atoms with Gasteiger partial charge in [0, 0.05) is 16.6 Å². The Hall–Kier alpha value is -0.570. The lowest BCUT2D eigenvalue weighted by molar-refractivity contribution is 0.0851. The van der Waals surface area contributed by atoms with Crippen LogP contribution in [0.15, 0.2) is 12.1 Å². The number of carbonyl (C=O) groups excluding carboxylic acids is 1. The van der Waals surface area contributed by atoms with E-state index in [9.17, 15) is 4.79 Å². The lowest BCUT2D eigenvalue weighted by Crippen LogP contribution is -2.40. The van der Waals surface area contributed by atoms with Crippen molar-refractivity contribution in [1.29, 1.82) is 0 Å². The minimum atomic E-state index is 0.0755. The van der Waals surface area contributed by atoms with Crippen LogP contribution in [0.5, 0.6) is 0 Å². The van der Waals surface area contributed by atoms with Crippen molar-refractivity contribution in [3.05, 3.63) is 33.3 Å². The standard InChI is InChI=1S/C18H25Cl2NO/c1-12-9-13(19)10-15(20)17(12)16(22)11-21(4)14-5-7-18(2,3)8-6-14/h9-10,14H,5-8,11H2,1-4H3. The average molecular weight is 342 g/mol. The van der Waals surface area contributed by atoms with Crippen molar-refractivity contribution in [2.24, 2.45) is 5.41 Å². The van der Waals surface area contributed by atoms with Gasteiger partial charge in [-0.05, 0) is 62.8 Å². The SMILES string of the molecule is Cc1cc(Cl)cc(Cl)c1C(=O)CN(C)C1CCC(C)(C)CC1. The number of halogens is 2. The Labute approximate surface area is 143 Å². The number of likely N-dealkylation sites (N-methyl/N-ethyl adjacent to an activating group) is 1. The van der Waals surface area contributed by atoms with E-state index >= 15 is 0 Å². The highest BCUT2D eigenvalue weighted by atomic mass is 35.5. The molecule has 0 aliphatic heterocycles. The predicted octanol–water partition coefficient (Wildman–Crippen LogP) is 5.39. The molecule has 1 aromatic carbocycles. The fraction of sp³-hybridized carbons (Fsp3) is 0.611. The molecule has 1 aromatic rings. The Balaban J connectivity index is 2.03. The average Bonchev–Trinajstić information content (AvgIpc) is 2.36. The van der Waals surface area contributed by atoms with E-state index in [4.69, 9.17) is 23.2 Å². The molecule has 0 unspecified atom stereocenters. The lowest BCUT2D eigenvalue weighted by Gasteiger charge is -2.38. The van der Waals surface area contributed by atoms with Crippen LogP contribution in [0, 0.1) is 12.3 Å². The van der Waals surface area contributed by atoms with Crippen molar-refractivity contribution in [2.45, 2.75) is 52.5 Å². The Kier molecular flexibility index (Phi) is 5.58. The Morgan fingerprint density at radius 2 is 1.86 bits per heavy atom. The smallest absolute Gasteiger partial charge is 0.178 e. The topological polar surface area (TPSA) is 20.3 Å². The minimum Gasteiger partial charge on any atom is -0.296 e. The van der Waals surface area contributed by atoms with Crippen LogP contribution in [-0.2, 0) is 0 Å². The normalized spacial score (nSPS) is 18.7. The van der Waals surface area contributed by atoms with E-state index in [1.807, 2.05) is 14.0 Å². The molecular weight excluding hydrogens is 317 g/mol. The number of nitrogens with zero attached hydrogens (tertiary/aromatic N) is 1. The Bertz CT molecular complexity index is 535. The zero-order valence-electron chi connectivity index (χ0n) is 13.9. The maximum absolute atomic E-state index is 12.6. The highest BCUT2D eigenvalue weighted by molar-refractivity contribution is 6.37. The summed E-state index contributed by atoms with van der Waals surface area (Å²) in [6, 6.07) is 3.93. The summed E-state index contributed by atoms with van der Waals surface area (Å²) in [4.78, 5) is 14.8. The number of Topliss-reactive ketones (excluding diaryl/α,β-unsaturated/α-hetero) is 1. The van der Waals surface area contributed by atoms with Crippen molar-refractivity contribution in [3.8, 4) is 0 Å². The fourth-order valence-electron chi connectivity index (χ4n) is 3.31. The number of benzene rings is 1. The summed E-state index contributed by atoms with van der Waals surface area (Å²) in [5.74, 6) is 0.0755. The highest BCUT2D eigenvalue weighted by Gasteiger charge is 2.29. The maximum Gasteiger partial charge on any atom is 0.178 e. The molecule has 122 valence electrons. The molecule has 1 fully saturated rings. The molecule has 0 aromatic heterocycles. The first-order valence-electron chi connectivity index (χ1n) is 7.89. The third-order valence-corrected chi connectivity index (χ3v) is 5.37. The van der Waals surface area contributed by atoms with Gasteiger partial charge in [0.15, 0.2) is 5.78 Å². The fourth-order valence-corrected chi connectivity index (χ4v) is 4.02. The molecule has 22 heavy (non-hydrogen) atoms. The van der Waals surface area contributed by atoms with Crippen LogP contribution >= 0.6 is 23.2 Å². The third-order valence-electron chi connectivity index (χ3n) is 4.86. The molecule has 0 bridgehead atoms. The van der Waals surface area contributed by atoms with Gasteiger partial charge in [-0.1, -0.05) is 37.0 Å². The number of aryl methyl sites for hydroxylation is 1. The van der Waals surface area contributed by atoms with E-state index in [0.717, 1.165) is 18.4 Å². The molecule has 1 saturated carbocycles. The second kappa shape index (κ2) is 6.90. The van der Waals surface area contributed by atoms with E-state index in [1.165, 1.54) is 12.8 Å². The van der Waals surface area contributed by atoms with Gasteiger partial charge in [-0.3, -0.25) is 9.69 Å². The van der Waals surface area contributed by atoms with Crippen LogP contribution in [0.2, 0.25) is 10.0 Å². The largest absolute Gasteiger partial charge is 0.296 e. The van der Waals surface area contributed by atoms with Gasteiger partial charge in [0.05, 0.1) is 11.6 Å². The Morgan fingerprint density at radius 1 is 1.27 bits per heavy atom. The summed E-state index contributed by atoms with van der Waals surface area (Å²) in [5.41, 5.74) is 1.90. The van der Waals surface area contributed by atoms with Gasteiger partial charge in [-0.15, -0.1) is 0 Å². The Morgan fingerprint density at radius 3 is 2.41 bits per heavy atom. The van der Waals surface area contributed by atoms with Gasteiger partial charge in [0.1, 0.15) is 0 Å². The lowest BCUT2D eigenvalue weighted by atomic mass is 9.75. The summed E-state index contributed by atoms with van der Waals surface area (Å²) < 4.78 is 0. The second-order valence-corrected chi connectivity index (χ2v) is 8.16. The number of ketones is 1. The van der Waals surface area contributed by atoms with Gasteiger partial charge in [0.2, 0.25) is 0 Å². The second-order valence-electron chi connectivity index (χ2n) is 7.31. The molecule has 0 saturated heterocycles. The molecule has 2 rings (SSSR count). The van der Waals surface area contributed by atoms with Crippen molar-refractivity contribution >= 4 is 29.0 Å². The molecule has 1 aliphatic rings. The van der Waals surface area contributed by atoms with Crippen LogP contribution in [0.3, 0.4) is 0 Å². The first-order valence-corrected chi connectivity index (χ1v) is 8.64. The first kappa shape index (κ1) is 17.8. The van der Waals surface area contributed by atoms with E-state index in [0.29, 0.717) is 33.6 Å². The van der Waals surface area contributed by atoms with Crippen LogP contribution in [0.1, 0.15) is 55.5 Å². The molecule has 2 nitrogen and oxygen atoms in total. The summed E-state index contributed by atoms with van der Waals surface area (Å²) >= 11 is 12.2. The van der Waals surface area contributed by atoms with Crippen molar-refractivity contribution in [3.63, 3.8) is 0 Å². The van der Waals surface area contributed by atoms with E-state index < -0.39 is 0 Å². The summed E-state index contributed by atoms with van der Waals surface area (Å²) in [5, 5.41) is 1.02. The summed E-state index contributed by atoms with van der Waals surface area (Å²) in [6.07, 6.45) is 4.75. The van der Waals surface area contributed by atoms with Crippen LogP contribution in [-0.4, -0.2) is 30.3 Å². The van der Waals surface area contributed by atoms with Gasteiger partial charge in [0.25, 0.3) is 0 Å². The van der Waals surface area contributed by atoms with Crippen molar-refractivity contribution in [2.75, 3.05) is 13.6 Å². The molecule has 0 atom stereocenters. The monoisotopic (exact) mass is 341 g/mol. The third kappa shape index (κ3) is 4.24. The van der Waals surface area contributed by atoms with Gasteiger partial charge < -0.3 is 0 Å². The molecule has 0 heterocycles. The highest BCUT2D eigenvalue weighted by Crippen LogP contribution is 2.36. The quantitative estimate of drug-likeness (QED) is 0.684. The number of rotatable bonds is 4. The van der Waals surface area contributed by atoms with Gasteiger partial charge in [-0.2, -0.15) is 0 Å². The zero-order valence-corrected chi connectivity index (χ0v) is 15.4. The first-order chi connectivity index (χ1) is 10.2. The molecule has 4 heteroatoms. The minimum absolute atomic E-state index is 0.0755. The van der Waals surface area contributed by atoms with Gasteiger partial charge in [-0.25, -0.2) is 0 Å². The predicted molar refractivity (Wildman–Crippen MR) is 94.2 cm³/mol. The molecular formula is C18H25Cl2NO. The van der Waals surface area contributed by atoms with E-state index in [2.05, 4.69) is 18.7 Å².